The highest BCUT2D eigenvalue weighted by Crippen LogP contribution is 2.37. The smallest absolute Gasteiger partial charge is 0.229 e. The van der Waals surface area contributed by atoms with E-state index in [4.69, 9.17) is 27.9 Å². The van der Waals surface area contributed by atoms with E-state index in [1.807, 2.05) is 18.5 Å². The minimum Gasteiger partial charge on any atom is -0.381 e. The van der Waals surface area contributed by atoms with Crippen LogP contribution >= 0.6 is 23.2 Å². The second-order valence-corrected chi connectivity index (χ2v) is 9.67. The fourth-order valence-corrected chi connectivity index (χ4v) is 5.12. The van der Waals surface area contributed by atoms with Crippen LogP contribution in [0.5, 0.6) is 0 Å². The lowest BCUT2D eigenvalue weighted by atomic mass is 9.99. The number of piperidine rings is 1. The van der Waals surface area contributed by atoms with Crippen molar-refractivity contribution in [3.8, 4) is 11.1 Å². The van der Waals surface area contributed by atoms with Gasteiger partial charge in [-0.25, -0.2) is 9.97 Å². The van der Waals surface area contributed by atoms with Crippen molar-refractivity contribution in [3.05, 3.63) is 40.8 Å². The number of imidazole rings is 1. The number of nitrogens with one attached hydrogen (secondary N) is 2. The van der Waals surface area contributed by atoms with E-state index in [2.05, 4.69) is 25.2 Å². The maximum Gasteiger partial charge on any atom is 0.229 e. The van der Waals surface area contributed by atoms with Gasteiger partial charge in [-0.3, -0.25) is 4.79 Å². The number of anilines is 1. The number of benzene rings is 1. The van der Waals surface area contributed by atoms with Gasteiger partial charge in [0.05, 0.1) is 33.3 Å². The van der Waals surface area contributed by atoms with Crippen LogP contribution < -0.4 is 10.6 Å². The lowest BCUT2D eigenvalue weighted by Gasteiger charge is -2.22. The summed E-state index contributed by atoms with van der Waals surface area (Å²) in [5.74, 6) is 0.950. The average molecular weight is 488 g/mol. The largest absolute Gasteiger partial charge is 0.381 e. The van der Waals surface area contributed by atoms with E-state index >= 15 is 0 Å². The molecule has 5 rings (SSSR count). The van der Waals surface area contributed by atoms with Gasteiger partial charge >= 0.3 is 0 Å². The van der Waals surface area contributed by atoms with E-state index in [1.165, 1.54) is 0 Å². The van der Waals surface area contributed by atoms with Gasteiger partial charge in [0, 0.05) is 43.6 Å². The first-order chi connectivity index (χ1) is 16.1. The number of amides is 1. The maximum atomic E-state index is 12.7. The fraction of sp³-hybridized carbons (Fsp3) is 0.458. The molecule has 0 saturated carbocycles. The number of halogens is 2. The minimum absolute atomic E-state index is 0.0286. The van der Waals surface area contributed by atoms with Crippen LogP contribution in [-0.2, 0) is 16.1 Å². The van der Waals surface area contributed by atoms with Crippen molar-refractivity contribution >= 4 is 46.0 Å². The molecule has 3 aromatic rings. The minimum atomic E-state index is -0.0563. The van der Waals surface area contributed by atoms with Crippen LogP contribution in [0.1, 0.15) is 25.7 Å². The Hall–Kier alpha value is -2.19. The van der Waals surface area contributed by atoms with Gasteiger partial charge in [0.25, 0.3) is 0 Å². The summed E-state index contributed by atoms with van der Waals surface area (Å²) in [6.07, 6.45) is 7.41. The Morgan fingerprint density at radius 3 is 2.73 bits per heavy atom. The van der Waals surface area contributed by atoms with Crippen LogP contribution in [0, 0.1) is 11.8 Å². The van der Waals surface area contributed by atoms with Crippen molar-refractivity contribution < 1.29 is 9.53 Å². The zero-order valence-electron chi connectivity index (χ0n) is 18.3. The van der Waals surface area contributed by atoms with Crippen LogP contribution in [0.15, 0.2) is 30.7 Å². The quantitative estimate of drug-likeness (QED) is 0.541. The number of hydrogen-bond donors (Lipinski definition) is 2. The van der Waals surface area contributed by atoms with Crippen LogP contribution in [0.3, 0.4) is 0 Å². The second-order valence-electron chi connectivity index (χ2n) is 8.86. The Kier molecular flexibility index (Phi) is 6.83. The van der Waals surface area contributed by atoms with Gasteiger partial charge < -0.3 is 19.9 Å². The predicted molar refractivity (Wildman–Crippen MR) is 131 cm³/mol. The summed E-state index contributed by atoms with van der Waals surface area (Å²) in [4.78, 5) is 21.5. The number of carbonyl (C=O) groups is 1. The Labute approximate surface area is 202 Å². The molecule has 2 saturated heterocycles. The average Bonchev–Trinajstić information content (AvgIpc) is 3.22. The predicted octanol–water partition coefficient (Wildman–Crippen LogP) is 4.77. The van der Waals surface area contributed by atoms with E-state index in [-0.39, 0.29) is 11.8 Å². The molecule has 1 amide bonds. The normalized spacial score (nSPS) is 19.6. The molecule has 1 aromatic carbocycles. The van der Waals surface area contributed by atoms with Crippen molar-refractivity contribution in [3.63, 3.8) is 0 Å². The molecule has 9 heteroatoms. The highest BCUT2D eigenvalue weighted by Gasteiger charge is 2.22. The van der Waals surface area contributed by atoms with Crippen LogP contribution in [-0.4, -0.2) is 46.7 Å². The molecular formula is C24H27Cl2N5O2. The van der Waals surface area contributed by atoms with E-state index in [1.54, 1.807) is 12.3 Å². The highest BCUT2D eigenvalue weighted by atomic mass is 35.5. The van der Waals surface area contributed by atoms with Crippen LogP contribution in [0.25, 0.3) is 22.2 Å². The third-order valence-electron chi connectivity index (χ3n) is 6.57. The lowest BCUT2D eigenvalue weighted by molar-refractivity contribution is -0.120. The number of fused-ring (bicyclic) bond motifs is 1. The van der Waals surface area contributed by atoms with Crippen LogP contribution in [0.4, 0.5) is 5.82 Å². The number of pyridine rings is 1. The summed E-state index contributed by atoms with van der Waals surface area (Å²) in [5, 5.41) is 7.25. The summed E-state index contributed by atoms with van der Waals surface area (Å²) in [6.45, 7) is 4.16. The SMILES string of the molecule is O=C(Nc1cc(-c2cc3c(cc2Cl)ncn3CC2CCOCC2)c(Cl)cn1)[C@@H]1CCCNC1. The Balaban J connectivity index is 1.43. The molecule has 0 bridgehead atoms. The number of nitrogens with zero attached hydrogens (tertiary/aromatic N) is 3. The zero-order chi connectivity index (χ0) is 22.8. The van der Waals surface area contributed by atoms with Gasteiger partial charge in [-0.1, -0.05) is 23.2 Å². The van der Waals surface area contributed by atoms with Crippen molar-refractivity contribution in [2.45, 2.75) is 32.2 Å². The molecule has 0 unspecified atom stereocenters. The Morgan fingerprint density at radius 1 is 1.12 bits per heavy atom. The molecule has 0 radical (unpaired) electrons. The second kappa shape index (κ2) is 9.97. The van der Waals surface area contributed by atoms with Gasteiger partial charge in [0.1, 0.15) is 5.82 Å². The van der Waals surface area contributed by atoms with Gasteiger partial charge in [-0.2, -0.15) is 0 Å². The summed E-state index contributed by atoms with van der Waals surface area (Å²) in [7, 11) is 0. The number of hydrogen-bond acceptors (Lipinski definition) is 5. The number of rotatable bonds is 5. The van der Waals surface area contributed by atoms with Gasteiger partial charge in [-0.05, 0) is 56.3 Å². The first-order valence-electron chi connectivity index (χ1n) is 11.5. The van der Waals surface area contributed by atoms with Gasteiger partial charge in [-0.15, -0.1) is 0 Å². The third-order valence-corrected chi connectivity index (χ3v) is 7.18. The summed E-state index contributed by atoms with van der Waals surface area (Å²) in [5.41, 5.74) is 3.38. The van der Waals surface area contributed by atoms with Gasteiger partial charge in [0.15, 0.2) is 0 Å². The van der Waals surface area contributed by atoms with Crippen molar-refractivity contribution in [1.82, 2.24) is 19.9 Å². The zero-order valence-corrected chi connectivity index (χ0v) is 19.8. The van der Waals surface area contributed by atoms with E-state index in [0.717, 1.165) is 74.1 Å². The molecule has 2 N–H and O–H groups in total. The number of ether oxygens (including phenoxy) is 1. The molecule has 174 valence electrons. The molecule has 0 spiro atoms. The lowest BCUT2D eigenvalue weighted by Crippen LogP contribution is -2.37. The first kappa shape index (κ1) is 22.6. The summed E-state index contributed by atoms with van der Waals surface area (Å²) in [6, 6.07) is 5.69. The topological polar surface area (TPSA) is 81.1 Å². The van der Waals surface area contributed by atoms with Crippen molar-refractivity contribution in [1.29, 1.82) is 0 Å². The summed E-state index contributed by atoms with van der Waals surface area (Å²) >= 11 is 13.2. The van der Waals surface area contributed by atoms with E-state index in [0.29, 0.717) is 28.3 Å². The molecule has 2 aromatic heterocycles. The van der Waals surface area contributed by atoms with Gasteiger partial charge in [0.2, 0.25) is 5.91 Å². The Morgan fingerprint density at radius 2 is 1.94 bits per heavy atom. The van der Waals surface area contributed by atoms with E-state index < -0.39 is 0 Å². The molecule has 7 nitrogen and oxygen atoms in total. The third kappa shape index (κ3) is 5.01. The van der Waals surface area contributed by atoms with Crippen LogP contribution in [0.2, 0.25) is 10.0 Å². The standard InChI is InChI=1S/C24H27Cl2N5O2/c25-19-10-21-22(31(14-29-21)13-15-3-6-33-7-4-15)8-17(19)18-9-23(28-12-20(18)26)30-24(32)16-2-1-5-27-11-16/h8-10,12,14-16,27H,1-7,11,13H2,(H,28,30,32)/t16-/m1/s1. The first-order valence-corrected chi connectivity index (χ1v) is 12.2. The molecular weight excluding hydrogens is 461 g/mol. The molecule has 0 aliphatic carbocycles. The monoisotopic (exact) mass is 487 g/mol. The molecule has 2 aliphatic heterocycles. The van der Waals surface area contributed by atoms with Crippen molar-refractivity contribution in [2.24, 2.45) is 11.8 Å². The van der Waals surface area contributed by atoms with Crippen molar-refractivity contribution in [2.75, 3.05) is 31.6 Å². The maximum absolute atomic E-state index is 12.7. The molecule has 4 heterocycles. The molecule has 33 heavy (non-hydrogen) atoms. The number of aromatic nitrogens is 3. The fourth-order valence-electron chi connectivity index (χ4n) is 4.66. The highest BCUT2D eigenvalue weighted by molar-refractivity contribution is 6.37. The molecule has 2 aliphatic rings. The molecule has 2 fully saturated rings. The molecule has 1 atom stereocenters. The summed E-state index contributed by atoms with van der Waals surface area (Å²) < 4.78 is 7.67. The Bertz CT molecular complexity index is 1150. The number of carbonyl (C=O) groups excluding carboxylic acids is 1. The van der Waals surface area contributed by atoms with E-state index in [9.17, 15) is 4.79 Å².